The van der Waals surface area contributed by atoms with Gasteiger partial charge in [-0.15, -0.1) is 0 Å². The molecule has 0 aliphatic carbocycles. The largest absolute Gasteiger partial charge is 0.357 e. The second kappa shape index (κ2) is 8.37. The maximum absolute atomic E-state index is 11.5. The van der Waals surface area contributed by atoms with Gasteiger partial charge in [-0.05, 0) is 37.3 Å². The highest BCUT2D eigenvalue weighted by Gasteiger charge is 2.18. The van der Waals surface area contributed by atoms with E-state index in [-0.39, 0.29) is 0 Å². The smallest absolute Gasteiger partial charge is 0.229 e. The second-order valence-electron chi connectivity index (χ2n) is 6.37. The summed E-state index contributed by atoms with van der Waals surface area (Å²) in [5, 5.41) is 3.34. The summed E-state index contributed by atoms with van der Waals surface area (Å²) in [6.45, 7) is 7.61. The molecule has 134 valence electrons. The zero-order valence-corrected chi connectivity index (χ0v) is 15.6. The Kier molecular flexibility index (Phi) is 6.48. The van der Waals surface area contributed by atoms with Gasteiger partial charge in [0, 0.05) is 19.6 Å². The maximum atomic E-state index is 11.5. The van der Waals surface area contributed by atoms with E-state index in [0.29, 0.717) is 12.2 Å². The molecule has 0 saturated carbocycles. The monoisotopic (exact) mass is 352 g/mol. The predicted molar refractivity (Wildman–Crippen MR) is 99.7 cm³/mol. The van der Waals surface area contributed by atoms with Crippen LogP contribution in [-0.4, -0.2) is 45.2 Å². The highest BCUT2D eigenvalue weighted by atomic mass is 32.2. The van der Waals surface area contributed by atoms with Crippen molar-refractivity contribution in [3.63, 3.8) is 0 Å². The van der Waals surface area contributed by atoms with Crippen LogP contribution in [0.25, 0.3) is 0 Å². The second-order valence-corrected chi connectivity index (χ2v) is 8.12. The molecular formula is C17H28N4O2S. The Morgan fingerprint density at radius 1 is 1.29 bits per heavy atom. The third-order valence-electron chi connectivity index (χ3n) is 4.13. The highest BCUT2D eigenvalue weighted by molar-refractivity contribution is 7.92. The number of rotatable bonds is 5. The molecule has 0 amide bonds. The van der Waals surface area contributed by atoms with E-state index in [9.17, 15) is 8.42 Å². The zero-order valence-electron chi connectivity index (χ0n) is 14.7. The average molecular weight is 353 g/mol. The summed E-state index contributed by atoms with van der Waals surface area (Å²) in [4.78, 5) is 7.01. The molecule has 1 aromatic carbocycles. The molecule has 1 aliphatic rings. The van der Waals surface area contributed by atoms with E-state index in [1.165, 1.54) is 12.8 Å². The number of benzene rings is 1. The van der Waals surface area contributed by atoms with Crippen molar-refractivity contribution >= 4 is 21.7 Å². The molecule has 0 unspecified atom stereocenters. The standard InChI is InChI=1S/C17H28N4O2S/c1-4-18-17(21-11-9-14(2)10-12-21)19-13-15-7-5-6-8-16(15)20-24(3,22)23/h5-8,14,20H,4,9-13H2,1-3H3,(H,18,19). The molecule has 2 rings (SSSR count). The first kappa shape index (κ1) is 18.6. The summed E-state index contributed by atoms with van der Waals surface area (Å²) in [7, 11) is -3.30. The summed E-state index contributed by atoms with van der Waals surface area (Å²) < 4.78 is 25.6. The molecule has 1 aliphatic heterocycles. The minimum Gasteiger partial charge on any atom is -0.357 e. The van der Waals surface area contributed by atoms with E-state index in [0.717, 1.165) is 43.3 Å². The van der Waals surface area contributed by atoms with E-state index < -0.39 is 10.0 Å². The van der Waals surface area contributed by atoms with Gasteiger partial charge in [0.2, 0.25) is 10.0 Å². The van der Waals surface area contributed by atoms with E-state index in [4.69, 9.17) is 4.99 Å². The van der Waals surface area contributed by atoms with Crippen molar-refractivity contribution in [1.29, 1.82) is 0 Å². The first-order valence-corrected chi connectivity index (χ1v) is 10.4. The van der Waals surface area contributed by atoms with Crippen molar-refractivity contribution in [1.82, 2.24) is 10.2 Å². The van der Waals surface area contributed by atoms with Crippen LogP contribution in [0.2, 0.25) is 0 Å². The van der Waals surface area contributed by atoms with Crippen molar-refractivity contribution in [2.75, 3.05) is 30.6 Å². The minimum absolute atomic E-state index is 0.438. The Balaban J connectivity index is 2.14. The van der Waals surface area contributed by atoms with E-state index in [1.807, 2.05) is 18.2 Å². The molecule has 1 heterocycles. The number of para-hydroxylation sites is 1. The minimum atomic E-state index is -3.30. The molecule has 1 aromatic rings. The molecule has 0 spiro atoms. The molecule has 0 radical (unpaired) electrons. The van der Waals surface area contributed by atoms with Crippen LogP contribution in [0.1, 0.15) is 32.3 Å². The Morgan fingerprint density at radius 2 is 1.96 bits per heavy atom. The van der Waals surface area contributed by atoms with Crippen molar-refractivity contribution in [2.24, 2.45) is 10.9 Å². The number of likely N-dealkylation sites (tertiary alicyclic amines) is 1. The van der Waals surface area contributed by atoms with Gasteiger partial charge >= 0.3 is 0 Å². The van der Waals surface area contributed by atoms with Gasteiger partial charge in [-0.2, -0.15) is 0 Å². The Bertz CT molecular complexity index is 665. The lowest BCUT2D eigenvalue weighted by atomic mass is 10.00. The van der Waals surface area contributed by atoms with Crippen LogP contribution in [0, 0.1) is 5.92 Å². The number of nitrogens with one attached hydrogen (secondary N) is 2. The SMILES string of the molecule is CCNC(=NCc1ccccc1NS(C)(=O)=O)N1CCC(C)CC1. The molecule has 24 heavy (non-hydrogen) atoms. The highest BCUT2D eigenvalue weighted by Crippen LogP contribution is 2.19. The van der Waals surface area contributed by atoms with Gasteiger partial charge in [0.05, 0.1) is 18.5 Å². The quantitative estimate of drug-likeness (QED) is 0.630. The predicted octanol–water partition coefficient (Wildman–Crippen LogP) is 2.26. The number of sulfonamides is 1. The van der Waals surface area contributed by atoms with Gasteiger partial charge in [-0.1, -0.05) is 25.1 Å². The van der Waals surface area contributed by atoms with Gasteiger partial charge < -0.3 is 10.2 Å². The molecular weight excluding hydrogens is 324 g/mol. The Hall–Kier alpha value is -1.76. The number of hydrogen-bond acceptors (Lipinski definition) is 3. The van der Waals surface area contributed by atoms with Gasteiger partial charge in [-0.25, -0.2) is 13.4 Å². The number of aliphatic imine (C=N–C) groups is 1. The molecule has 0 bridgehead atoms. The number of hydrogen-bond donors (Lipinski definition) is 2. The van der Waals surface area contributed by atoms with Crippen molar-refractivity contribution < 1.29 is 8.42 Å². The fourth-order valence-corrected chi connectivity index (χ4v) is 3.36. The summed E-state index contributed by atoms with van der Waals surface area (Å²) >= 11 is 0. The van der Waals surface area contributed by atoms with Crippen LogP contribution in [0.3, 0.4) is 0 Å². The third-order valence-corrected chi connectivity index (χ3v) is 4.72. The first-order chi connectivity index (χ1) is 11.4. The van der Waals surface area contributed by atoms with Crippen molar-refractivity contribution in [3.8, 4) is 0 Å². The van der Waals surface area contributed by atoms with Crippen LogP contribution >= 0.6 is 0 Å². The summed E-state index contributed by atoms with van der Waals surface area (Å²) in [5.41, 5.74) is 1.45. The average Bonchev–Trinajstić information content (AvgIpc) is 2.52. The Morgan fingerprint density at radius 3 is 2.58 bits per heavy atom. The summed E-state index contributed by atoms with van der Waals surface area (Å²) in [5.74, 6) is 1.67. The molecule has 7 heteroatoms. The maximum Gasteiger partial charge on any atom is 0.229 e. The van der Waals surface area contributed by atoms with Crippen LogP contribution in [0.4, 0.5) is 5.69 Å². The van der Waals surface area contributed by atoms with E-state index in [2.05, 4.69) is 28.8 Å². The molecule has 6 nitrogen and oxygen atoms in total. The van der Waals surface area contributed by atoms with E-state index in [1.54, 1.807) is 6.07 Å². The van der Waals surface area contributed by atoms with Gasteiger partial charge in [0.15, 0.2) is 5.96 Å². The zero-order chi connectivity index (χ0) is 17.6. The van der Waals surface area contributed by atoms with Crippen LogP contribution in [0.15, 0.2) is 29.3 Å². The van der Waals surface area contributed by atoms with Crippen LogP contribution in [-0.2, 0) is 16.6 Å². The Labute approximate surface area is 145 Å². The molecule has 0 atom stereocenters. The molecule has 0 aromatic heterocycles. The van der Waals surface area contributed by atoms with Crippen LogP contribution in [0.5, 0.6) is 0 Å². The summed E-state index contributed by atoms with van der Waals surface area (Å²) in [6, 6.07) is 7.38. The first-order valence-electron chi connectivity index (χ1n) is 8.48. The lowest BCUT2D eigenvalue weighted by Crippen LogP contribution is -2.45. The van der Waals surface area contributed by atoms with Gasteiger partial charge in [0.1, 0.15) is 0 Å². The van der Waals surface area contributed by atoms with Crippen molar-refractivity contribution in [2.45, 2.75) is 33.2 Å². The number of anilines is 1. The van der Waals surface area contributed by atoms with Crippen LogP contribution < -0.4 is 10.0 Å². The lowest BCUT2D eigenvalue weighted by molar-refractivity contribution is 0.273. The number of nitrogens with zero attached hydrogens (tertiary/aromatic N) is 2. The third kappa shape index (κ3) is 5.70. The van der Waals surface area contributed by atoms with Gasteiger partial charge in [-0.3, -0.25) is 4.72 Å². The molecule has 2 N–H and O–H groups in total. The van der Waals surface area contributed by atoms with Crippen molar-refractivity contribution in [3.05, 3.63) is 29.8 Å². The van der Waals surface area contributed by atoms with Gasteiger partial charge in [0.25, 0.3) is 0 Å². The topological polar surface area (TPSA) is 73.8 Å². The fraction of sp³-hybridized carbons (Fsp3) is 0.588. The number of piperidine rings is 1. The lowest BCUT2D eigenvalue weighted by Gasteiger charge is -2.33. The number of guanidine groups is 1. The molecule has 1 fully saturated rings. The van der Waals surface area contributed by atoms with E-state index >= 15 is 0 Å². The molecule has 1 saturated heterocycles. The normalized spacial score (nSPS) is 17.0. The fourth-order valence-electron chi connectivity index (χ4n) is 2.76. The summed E-state index contributed by atoms with van der Waals surface area (Å²) in [6.07, 6.45) is 3.51.